The Hall–Kier alpha value is -3.54. The summed E-state index contributed by atoms with van der Waals surface area (Å²) < 4.78 is 44.9. The molecule has 0 aromatic heterocycles. The first-order valence-corrected chi connectivity index (χ1v) is 13.2. The number of halogens is 3. The molecule has 0 radical (unpaired) electrons. The first kappa shape index (κ1) is 31.0. The van der Waals surface area contributed by atoms with Gasteiger partial charge in [-0.1, -0.05) is 18.2 Å². The van der Waals surface area contributed by atoms with Gasteiger partial charge in [0, 0.05) is 50.0 Å². The number of piperazine rings is 1. The van der Waals surface area contributed by atoms with Gasteiger partial charge in [0.2, 0.25) is 0 Å². The Morgan fingerprint density at radius 3 is 2.35 bits per heavy atom. The average Bonchev–Trinajstić information content (AvgIpc) is 2.84. The highest BCUT2D eigenvalue weighted by Gasteiger charge is 2.40. The molecule has 3 rings (SSSR count). The van der Waals surface area contributed by atoms with Crippen molar-refractivity contribution in [3.63, 3.8) is 0 Å². The Kier molecular flexibility index (Phi) is 9.55. The molecule has 12 heteroatoms. The number of carbonyl (C=O) groups excluding carboxylic acids is 3. The lowest BCUT2D eigenvalue weighted by molar-refractivity contribution is -0.139. The smallest absolute Gasteiger partial charge is 0.416 e. The zero-order valence-corrected chi connectivity index (χ0v) is 23.6. The van der Waals surface area contributed by atoms with Crippen LogP contribution in [0.1, 0.15) is 51.8 Å². The van der Waals surface area contributed by atoms with Crippen LogP contribution in [0.4, 0.5) is 22.8 Å². The quantitative estimate of drug-likeness (QED) is 0.380. The van der Waals surface area contributed by atoms with Crippen LogP contribution in [0, 0.1) is 0 Å². The SMILES string of the molecule is C=CCN1C(=O)N[C@H](c2ccc(C(F)(F)F)cc2)C(C(=O)OCC)=C1CN1CCN(C(=O)NC(C)(C)C)[C@@H](C)C1. The van der Waals surface area contributed by atoms with Gasteiger partial charge < -0.3 is 20.3 Å². The van der Waals surface area contributed by atoms with E-state index in [2.05, 4.69) is 17.2 Å². The van der Waals surface area contributed by atoms with E-state index < -0.39 is 29.8 Å². The summed E-state index contributed by atoms with van der Waals surface area (Å²) in [4.78, 5) is 44.5. The molecule has 2 aliphatic rings. The maximum atomic E-state index is 13.3. The van der Waals surface area contributed by atoms with Crippen molar-refractivity contribution in [2.24, 2.45) is 0 Å². The molecular weight excluding hydrogens is 527 g/mol. The highest BCUT2D eigenvalue weighted by Crippen LogP contribution is 2.35. The molecule has 0 saturated carbocycles. The molecule has 220 valence electrons. The summed E-state index contributed by atoms with van der Waals surface area (Å²) in [7, 11) is 0. The van der Waals surface area contributed by atoms with Crippen LogP contribution >= 0.6 is 0 Å². The van der Waals surface area contributed by atoms with E-state index in [0.717, 1.165) is 12.1 Å². The molecule has 2 N–H and O–H groups in total. The molecule has 1 aromatic carbocycles. The maximum Gasteiger partial charge on any atom is 0.416 e. The summed E-state index contributed by atoms with van der Waals surface area (Å²) in [5.74, 6) is -0.673. The minimum absolute atomic E-state index is 0.0728. The summed E-state index contributed by atoms with van der Waals surface area (Å²) in [5, 5.41) is 5.73. The standard InChI is InChI=1S/C28H38F3N5O4/c1-7-13-36-21(17-34-14-15-35(18(3)16-34)26(39)33-27(4,5)6)22(24(37)40-8-2)23(32-25(36)38)19-9-11-20(12-10-19)28(29,30)31/h7,9-12,18,23H,1,8,13-17H2,2-6H3,(H,32,38)(H,33,39)/t18-,23+/m0/s1. The Labute approximate surface area is 233 Å². The van der Waals surface area contributed by atoms with Crippen molar-refractivity contribution in [1.29, 1.82) is 0 Å². The number of rotatable bonds is 7. The second kappa shape index (κ2) is 12.3. The van der Waals surface area contributed by atoms with Gasteiger partial charge in [-0.15, -0.1) is 6.58 Å². The number of esters is 1. The van der Waals surface area contributed by atoms with Gasteiger partial charge in [0.1, 0.15) is 0 Å². The Morgan fingerprint density at radius 2 is 1.82 bits per heavy atom. The number of nitrogens with one attached hydrogen (secondary N) is 2. The molecule has 2 atom stereocenters. The topological polar surface area (TPSA) is 94.2 Å². The molecule has 4 amide bonds. The number of nitrogens with zero attached hydrogens (tertiary/aromatic N) is 3. The van der Waals surface area contributed by atoms with Gasteiger partial charge in [-0.2, -0.15) is 13.2 Å². The number of hydrogen-bond acceptors (Lipinski definition) is 5. The predicted octanol–water partition coefficient (Wildman–Crippen LogP) is 4.29. The fraction of sp³-hybridized carbons (Fsp3) is 0.536. The summed E-state index contributed by atoms with van der Waals surface area (Å²) in [6.45, 7) is 14.8. The Bertz CT molecular complexity index is 1140. The van der Waals surface area contributed by atoms with Crippen molar-refractivity contribution in [2.75, 3.05) is 39.3 Å². The van der Waals surface area contributed by atoms with Crippen LogP contribution in [0.3, 0.4) is 0 Å². The van der Waals surface area contributed by atoms with Gasteiger partial charge in [-0.3, -0.25) is 9.80 Å². The minimum Gasteiger partial charge on any atom is -0.463 e. The fourth-order valence-electron chi connectivity index (χ4n) is 4.84. The number of carbonyl (C=O) groups is 3. The number of benzene rings is 1. The van der Waals surface area contributed by atoms with E-state index in [0.29, 0.717) is 30.9 Å². The Morgan fingerprint density at radius 1 is 1.18 bits per heavy atom. The van der Waals surface area contributed by atoms with Gasteiger partial charge in [0.05, 0.1) is 23.8 Å². The number of urea groups is 2. The van der Waals surface area contributed by atoms with Crippen LogP contribution in [0.25, 0.3) is 0 Å². The molecule has 0 aliphatic carbocycles. The molecule has 0 spiro atoms. The molecular formula is C28H38F3N5O4. The van der Waals surface area contributed by atoms with E-state index >= 15 is 0 Å². The van der Waals surface area contributed by atoms with Crippen molar-refractivity contribution in [3.8, 4) is 0 Å². The highest BCUT2D eigenvalue weighted by molar-refractivity contribution is 5.95. The fourth-order valence-corrected chi connectivity index (χ4v) is 4.84. The lowest BCUT2D eigenvalue weighted by Crippen LogP contribution is -2.59. The number of ether oxygens (including phenoxy) is 1. The highest BCUT2D eigenvalue weighted by atomic mass is 19.4. The van der Waals surface area contributed by atoms with Crippen molar-refractivity contribution < 1.29 is 32.3 Å². The summed E-state index contributed by atoms with van der Waals surface area (Å²) >= 11 is 0. The molecule has 1 aromatic rings. The molecule has 2 aliphatic heterocycles. The van der Waals surface area contributed by atoms with E-state index in [1.54, 1.807) is 11.8 Å². The van der Waals surface area contributed by atoms with E-state index in [-0.39, 0.29) is 42.9 Å². The molecule has 0 bridgehead atoms. The van der Waals surface area contributed by atoms with Crippen LogP contribution < -0.4 is 10.6 Å². The molecule has 40 heavy (non-hydrogen) atoms. The van der Waals surface area contributed by atoms with E-state index in [4.69, 9.17) is 4.74 Å². The number of alkyl halides is 3. The second-order valence-corrected chi connectivity index (χ2v) is 10.9. The molecule has 1 fully saturated rings. The van der Waals surface area contributed by atoms with Crippen LogP contribution in [0.5, 0.6) is 0 Å². The third-order valence-electron chi connectivity index (χ3n) is 6.64. The average molecular weight is 566 g/mol. The van der Waals surface area contributed by atoms with Gasteiger partial charge >= 0.3 is 24.2 Å². The van der Waals surface area contributed by atoms with E-state index in [9.17, 15) is 27.6 Å². The summed E-state index contributed by atoms with van der Waals surface area (Å²) in [6.07, 6.45) is -3.00. The summed E-state index contributed by atoms with van der Waals surface area (Å²) in [6, 6.07) is 2.50. The van der Waals surface area contributed by atoms with Crippen LogP contribution in [-0.2, 0) is 15.7 Å². The zero-order chi connectivity index (χ0) is 29.8. The van der Waals surface area contributed by atoms with Gasteiger partial charge in [0.15, 0.2) is 0 Å². The monoisotopic (exact) mass is 565 g/mol. The zero-order valence-electron chi connectivity index (χ0n) is 23.6. The van der Waals surface area contributed by atoms with Crippen molar-refractivity contribution >= 4 is 18.0 Å². The van der Waals surface area contributed by atoms with E-state index in [1.807, 2.05) is 32.6 Å². The summed E-state index contributed by atoms with van der Waals surface area (Å²) in [5.41, 5.74) is -0.384. The lowest BCUT2D eigenvalue weighted by Gasteiger charge is -2.43. The number of hydrogen-bond donors (Lipinski definition) is 2. The maximum absolute atomic E-state index is 13.3. The van der Waals surface area contributed by atoms with Crippen LogP contribution in [0.2, 0.25) is 0 Å². The second-order valence-electron chi connectivity index (χ2n) is 10.9. The number of amides is 4. The van der Waals surface area contributed by atoms with E-state index in [1.165, 1.54) is 23.1 Å². The third kappa shape index (κ3) is 7.35. The van der Waals surface area contributed by atoms with Gasteiger partial charge in [-0.05, 0) is 52.3 Å². The lowest BCUT2D eigenvalue weighted by atomic mass is 9.93. The molecule has 9 nitrogen and oxygen atoms in total. The molecule has 1 saturated heterocycles. The molecule has 0 unspecified atom stereocenters. The van der Waals surface area contributed by atoms with Gasteiger partial charge in [-0.25, -0.2) is 14.4 Å². The normalized spacial score (nSPS) is 20.8. The first-order valence-electron chi connectivity index (χ1n) is 13.2. The minimum atomic E-state index is -4.53. The largest absolute Gasteiger partial charge is 0.463 e. The van der Waals surface area contributed by atoms with Crippen LogP contribution in [0.15, 0.2) is 48.2 Å². The first-order chi connectivity index (χ1) is 18.7. The molecule has 2 heterocycles. The van der Waals surface area contributed by atoms with Gasteiger partial charge in [0.25, 0.3) is 0 Å². The predicted molar refractivity (Wildman–Crippen MR) is 144 cm³/mol. The Balaban J connectivity index is 1.98. The van der Waals surface area contributed by atoms with Crippen molar-refractivity contribution in [2.45, 2.75) is 58.4 Å². The third-order valence-corrected chi connectivity index (χ3v) is 6.64. The van der Waals surface area contributed by atoms with Crippen molar-refractivity contribution in [1.82, 2.24) is 25.3 Å². The van der Waals surface area contributed by atoms with Crippen LogP contribution in [-0.4, -0.2) is 83.6 Å². The van der Waals surface area contributed by atoms with Crippen molar-refractivity contribution in [3.05, 3.63) is 59.3 Å².